The van der Waals surface area contributed by atoms with Gasteiger partial charge in [0.15, 0.2) is 0 Å². The Bertz CT molecular complexity index is 1330. The molecule has 0 aliphatic carbocycles. The van der Waals surface area contributed by atoms with Gasteiger partial charge in [0, 0.05) is 26.6 Å². The Kier molecular flexibility index (Phi) is 6.26. The first-order valence-corrected chi connectivity index (χ1v) is 11.3. The largest absolute Gasteiger partial charge is 0.457 e. The Morgan fingerprint density at radius 1 is 1.09 bits per heavy atom. The van der Waals surface area contributed by atoms with Crippen LogP contribution in [0, 0.1) is 10.1 Å². The molecule has 0 radical (unpaired) electrons. The van der Waals surface area contributed by atoms with E-state index in [1.165, 1.54) is 17.1 Å². The highest BCUT2D eigenvalue weighted by Gasteiger charge is 2.29. The minimum absolute atomic E-state index is 0.0628. The van der Waals surface area contributed by atoms with Crippen molar-refractivity contribution in [2.24, 2.45) is 5.10 Å². The van der Waals surface area contributed by atoms with Crippen molar-refractivity contribution in [3.05, 3.63) is 82.9 Å². The summed E-state index contributed by atoms with van der Waals surface area (Å²) in [5, 5.41) is 17.3. The van der Waals surface area contributed by atoms with Gasteiger partial charge in [-0.1, -0.05) is 23.2 Å². The van der Waals surface area contributed by atoms with E-state index in [2.05, 4.69) is 37.0 Å². The van der Waals surface area contributed by atoms with E-state index < -0.39 is 4.92 Å². The number of nitro benzene ring substituents is 1. The van der Waals surface area contributed by atoms with E-state index in [0.29, 0.717) is 53.0 Å². The minimum Gasteiger partial charge on any atom is -0.457 e. The first-order valence-electron chi connectivity index (χ1n) is 8.96. The molecular formula is C21H11Br2Cl2N3O4. The van der Waals surface area contributed by atoms with Crippen molar-refractivity contribution < 1.29 is 14.1 Å². The molecule has 0 bridgehead atoms. The molecule has 32 heavy (non-hydrogen) atoms. The van der Waals surface area contributed by atoms with Gasteiger partial charge in [-0.25, -0.2) is 0 Å². The smallest absolute Gasteiger partial charge is 0.280 e. The number of carbonyl (C=O) groups excluding carboxylic acids is 1. The molecule has 0 spiro atoms. The van der Waals surface area contributed by atoms with Crippen molar-refractivity contribution in [2.75, 3.05) is 5.01 Å². The number of carbonyl (C=O) groups is 1. The van der Waals surface area contributed by atoms with Crippen LogP contribution < -0.4 is 5.01 Å². The summed E-state index contributed by atoms with van der Waals surface area (Å²) in [7, 11) is 0. The summed E-state index contributed by atoms with van der Waals surface area (Å²) in [6.07, 6.45) is 1.59. The number of amides is 1. The van der Waals surface area contributed by atoms with Crippen LogP contribution in [-0.2, 0) is 4.79 Å². The number of rotatable bonds is 4. The summed E-state index contributed by atoms with van der Waals surface area (Å²) in [5.74, 6) is 0.550. The Morgan fingerprint density at radius 3 is 2.41 bits per heavy atom. The highest BCUT2D eigenvalue weighted by atomic mass is 79.9. The molecule has 0 atom stereocenters. The second kappa shape index (κ2) is 8.82. The monoisotopic (exact) mass is 597 g/mol. The lowest BCUT2D eigenvalue weighted by Gasteiger charge is -2.12. The molecule has 162 valence electrons. The predicted molar refractivity (Wildman–Crippen MR) is 131 cm³/mol. The average molecular weight is 600 g/mol. The van der Waals surface area contributed by atoms with Crippen molar-refractivity contribution >= 4 is 84.1 Å². The molecule has 1 aliphatic rings. The molecule has 2 aromatic carbocycles. The molecule has 1 amide bonds. The average Bonchev–Trinajstić information content (AvgIpc) is 3.29. The number of halogens is 4. The zero-order valence-electron chi connectivity index (χ0n) is 16.1. The zero-order chi connectivity index (χ0) is 23.2. The molecule has 7 nitrogen and oxygen atoms in total. The van der Waals surface area contributed by atoms with Crippen LogP contribution in [-0.4, -0.2) is 16.5 Å². The van der Waals surface area contributed by atoms with Gasteiger partial charge in [-0.05, 0) is 75.2 Å². The van der Waals surface area contributed by atoms with Crippen molar-refractivity contribution in [2.45, 2.75) is 6.92 Å². The minimum atomic E-state index is -0.481. The van der Waals surface area contributed by atoms with Crippen LogP contribution in [0.3, 0.4) is 0 Å². The number of benzene rings is 2. The maximum atomic E-state index is 12.9. The van der Waals surface area contributed by atoms with Gasteiger partial charge in [-0.15, -0.1) is 0 Å². The summed E-state index contributed by atoms with van der Waals surface area (Å²) >= 11 is 18.7. The van der Waals surface area contributed by atoms with Gasteiger partial charge in [0.05, 0.1) is 31.9 Å². The fraction of sp³-hybridized carbons (Fsp3) is 0.0476. The van der Waals surface area contributed by atoms with E-state index in [1.54, 1.807) is 43.3 Å². The molecule has 0 saturated carbocycles. The van der Waals surface area contributed by atoms with Gasteiger partial charge < -0.3 is 4.42 Å². The van der Waals surface area contributed by atoms with Crippen molar-refractivity contribution in [3.63, 3.8) is 0 Å². The van der Waals surface area contributed by atoms with Crippen molar-refractivity contribution in [1.29, 1.82) is 0 Å². The van der Waals surface area contributed by atoms with Crippen LogP contribution in [0.1, 0.15) is 12.7 Å². The van der Waals surface area contributed by atoms with Gasteiger partial charge in [0.2, 0.25) is 0 Å². The molecule has 0 unspecified atom stereocenters. The number of hydrogen-bond acceptors (Lipinski definition) is 5. The van der Waals surface area contributed by atoms with Crippen LogP contribution >= 0.6 is 55.1 Å². The first-order chi connectivity index (χ1) is 15.2. The normalized spacial score (nSPS) is 14.9. The quantitative estimate of drug-likeness (QED) is 0.176. The third-order valence-corrected chi connectivity index (χ3v) is 6.60. The Morgan fingerprint density at radius 2 is 1.78 bits per heavy atom. The van der Waals surface area contributed by atoms with E-state index in [4.69, 9.17) is 27.6 Å². The molecule has 1 aliphatic heterocycles. The van der Waals surface area contributed by atoms with Crippen LogP contribution in [0.15, 0.2) is 66.5 Å². The van der Waals surface area contributed by atoms with E-state index >= 15 is 0 Å². The summed E-state index contributed by atoms with van der Waals surface area (Å²) < 4.78 is 6.88. The number of non-ortho nitro benzene ring substituents is 1. The number of nitro groups is 1. The number of hydrazone groups is 1. The molecule has 1 aromatic heterocycles. The van der Waals surface area contributed by atoms with E-state index in [9.17, 15) is 14.9 Å². The number of furan rings is 1. The summed E-state index contributed by atoms with van der Waals surface area (Å²) in [6, 6.07) is 11.0. The standard InChI is InChI=1S/C21H11Br2Cl2N3O4/c1-10-14(21(29)27(26-10)11-2-4-17(24)18(25)8-11)9-13-3-5-19(32-13)20-15(22)6-12(28(30)31)7-16(20)23/h2-9H,1H3/b14-9+. The Hall–Kier alpha value is -2.46. The number of anilines is 1. The van der Waals surface area contributed by atoms with Crippen LogP contribution in [0.5, 0.6) is 0 Å². The molecule has 2 heterocycles. The van der Waals surface area contributed by atoms with Gasteiger partial charge in [0.25, 0.3) is 11.6 Å². The molecular weight excluding hydrogens is 589 g/mol. The first kappa shape index (κ1) is 22.7. The second-order valence-electron chi connectivity index (χ2n) is 6.70. The fourth-order valence-electron chi connectivity index (χ4n) is 3.08. The number of hydrogen-bond donors (Lipinski definition) is 0. The molecule has 0 fully saturated rings. The molecule has 3 aromatic rings. The highest BCUT2D eigenvalue weighted by Crippen LogP contribution is 2.39. The maximum Gasteiger partial charge on any atom is 0.280 e. The van der Waals surface area contributed by atoms with Gasteiger partial charge in [-0.2, -0.15) is 10.1 Å². The summed E-state index contributed by atoms with van der Waals surface area (Å²) in [5.41, 5.74) is 1.91. The van der Waals surface area contributed by atoms with Crippen LogP contribution in [0.4, 0.5) is 11.4 Å². The topological polar surface area (TPSA) is 89.0 Å². The highest BCUT2D eigenvalue weighted by molar-refractivity contribution is 9.11. The molecule has 11 heteroatoms. The van der Waals surface area contributed by atoms with E-state index in [-0.39, 0.29) is 11.6 Å². The lowest BCUT2D eigenvalue weighted by atomic mass is 10.1. The Labute approximate surface area is 208 Å². The van der Waals surface area contributed by atoms with Crippen molar-refractivity contribution in [3.8, 4) is 11.3 Å². The fourth-order valence-corrected chi connectivity index (χ4v) is 4.93. The SMILES string of the molecule is CC1=NN(c2ccc(Cl)c(Cl)c2)C(=O)/C1=C/c1ccc(-c2c(Br)cc([N+](=O)[O-])cc2Br)o1. The molecule has 4 rings (SSSR count). The van der Waals surface area contributed by atoms with Gasteiger partial charge in [0.1, 0.15) is 11.5 Å². The van der Waals surface area contributed by atoms with Crippen LogP contribution in [0.2, 0.25) is 10.0 Å². The maximum absolute atomic E-state index is 12.9. The van der Waals surface area contributed by atoms with Gasteiger partial charge >= 0.3 is 0 Å². The summed E-state index contributed by atoms with van der Waals surface area (Å²) in [4.78, 5) is 23.5. The van der Waals surface area contributed by atoms with Crippen LogP contribution in [0.25, 0.3) is 17.4 Å². The number of nitrogens with zero attached hydrogens (tertiary/aromatic N) is 3. The lowest BCUT2D eigenvalue weighted by Crippen LogP contribution is -2.21. The van der Waals surface area contributed by atoms with Gasteiger partial charge in [-0.3, -0.25) is 14.9 Å². The van der Waals surface area contributed by atoms with E-state index in [0.717, 1.165) is 0 Å². The van der Waals surface area contributed by atoms with E-state index in [1.807, 2.05) is 0 Å². The third kappa shape index (κ3) is 4.25. The molecule has 0 saturated heterocycles. The second-order valence-corrected chi connectivity index (χ2v) is 9.23. The Balaban J connectivity index is 1.65. The van der Waals surface area contributed by atoms with Crippen molar-refractivity contribution in [1.82, 2.24) is 0 Å². The zero-order valence-corrected chi connectivity index (χ0v) is 20.8. The third-order valence-electron chi connectivity index (χ3n) is 4.61. The summed E-state index contributed by atoms with van der Waals surface area (Å²) in [6.45, 7) is 1.72. The predicted octanol–water partition coefficient (Wildman–Crippen LogP) is 7.49. The molecule has 0 N–H and O–H groups in total. The lowest BCUT2D eigenvalue weighted by molar-refractivity contribution is -0.385.